The van der Waals surface area contributed by atoms with Gasteiger partial charge in [0.2, 0.25) is 0 Å². The molecule has 7 heavy (non-hydrogen) atoms. The molecule has 2 nitrogen and oxygen atoms in total. The summed E-state index contributed by atoms with van der Waals surface area (Å²) in [5, 5.41) is 8.02. The summed E-state index contributed by atoms with van der Waals surface area (Å²) in [4.78, 5) is 0. The van der Waals surface area contributed by atoms with E-state index in [1.807, 2.05) is 0 Å². The molecule has 4 heteroatoms. The molecule has 0 aromatic heterocycles. The SMILES string of the molecule is C=C(Cl)[C@H]([NH-])O.[U]. The zero-order chi connectivity index (χ0) is 5.15. The first kappa shape index (κ1) is 10.9. The Bertz CT molecular complexity index is 66.0. The van der Waals surface area contributed by atoms with Crippen molar-refractivity contribution in [1.29, 1.82) is 0 Å². The molecule has 0 aliphatic carbocycles. The minimum Gasteiger partial charge on any atom is -0.647 e. The van der Waals surface area contributed by atoms with Crippen molar-refractivity contribution in [3.63, 3.8) is 0 Å². The van der Waals surface area contributed by atoms with Crippen LogP contribution in [0.4, 0.5) is 0 Å². The van der Waals surface area contributed by atoms with E-state index in [0.717, 1.165) is 0 Å². The standard InChI is InChI=1S/C3H5ClNO.U/c1-2(4)3(5)6;/h3,5-6H,1H2;/q-1;/t3-;/m1./s1. The van der Waals surface area contributed by atoms with Crippen LogP contribution in [0, 0.1) is 31.1 Å². The van der Waals surface area contributed by atoms with Crippen molar-refractivity contribution in [3.05, 3.63) is 17.3 Å². The average Bonchev–Trinajstić information content (AvgIpc) is 1.36. The van der Waals surface area contributed by atoms with Crippen LogP contribution in [0.25, 0.3) is 5.73 Å². The Hall–Kier alpha value is 1.00. The molecule has 0 aromatic rings. The minimum atomic E-state index is -1.33. The number of rotatable bonds is 1. The quantitative estimate of drug-likeness (QED) is 0.761. The third-order valence-corrected chi connectivity index (χ3v) is 0.503. The van der Waals surface area contributed by atoms with Crippen molar-refractivity contribution in [3.8, 4) is 0 Å². The summed E-state index contributed by atoms with van der Waals surface area (Å²) in [6.07, 6.45) is -1.33. The van der Waals surface area contributed by atoms with Crippen LogP contribution in [-0.2, 0) is 0 Å². The molecule has 0 fully saturated rings. The van der Waals surface area contributed by atoms with Crippen LogP contribution in [0.1, 0.15) is 0 Å². The van der Waals surface area contributed by atoms with Gasteiger partial charge in [0.15, 0.2) is 0 Å². The Labute approximate surface area is 71.1 Å². The van der Waals surface area contributed by atoms with Gasteiger partial charge in [-0.2, -0.15) is 0 Å². The number of nitrogens with one attached hydrogen (secondary N) is 1. The van der Waals surface area contributed by atoms with E-state index in [1.54, 1.807) is 0 Å². The summed E-state index contributed by atoms with van der Waals surface area (Å²) in [5.41, 5.74) is 6.36. The molecule has 0 saturated heterocycles. The summed E-state index contributed by atoms with van der Waals surface area (Å²) < 4.78 is 0. The molecule has 0 amide bonds. The van der Waals surface area contributed by atoms with Gasteiger partial charge in [0.1, 0.15) is 0 Å². The van der Waals surface area contributed by atoms with Crippen molar-refractivity contribution >= 4 is 11.6 Å². The molecule has 0 aliphatic rings. The predicted molar refractivity (Wildman–Crippen MR) is 25.3 cm³/mol. The van der Waals surface area contributed by atoms with Gasteiger partial charge in [-0.1, -0.05) is 18.2 Å². The van der Waals surface area contributed by atoms with E-state index in [2.05, 4.69) is 6.58 Å². The first-order chi connectivity index (χ1) is 2.64. The van der Waals surface area contributed by atoms with Crippen molar-refractivity contribution in [2.75, 3.05) is 0 Å². The molecular weight excluding hydrogens is 340 g/mol. The summed E-state index contributed by atoms with van der Waals surface area (Å²) in [7, 11) is 0. The number of hydrogen-bond acceptors (Lipinski definition) is 1. The normalized spacial score (nSPS) is 11.9. The Balaban J connectivity index is 0. The van der Waals surface area contributed by atoms with Gasteiger partial charge in [-0.15, -0.1) is 0 Å². The molecule has 0 aliphatic heterocycles. The maximum absolute atomic E-state index is 8.06. The second-order valence-corrected chi connectivity index (χ2v) is 1.33. The van der Waals surface area contributed by atoms with Crippen LogP contribution in [0.2, 0.25) is 0 Å². The van der Waals surface area contributed by atoms with E-state index >= 15 is 0 Å². The number of hydrogen-bond donors (Lipinski definition) is 1. The van der Waals surface area contributed by atoms with Crippen molar-refractivity contribution in [1.82, 2.24) is 0 Å². The molecular formula is C3H5ClNOU-. The van der Waals surface area contributed by atoms with Crippen molar-refractivity contribution < 1.29 is 36.2 Å². The van der Waals surface area contributed by atoms with Gasteiger partial charge in [-0.3, -0.25) is 0 Å². The zero-order valence-corrected chi connectivity index (χ0v) is 8.53. The maximum Gasteiger partial charge on any atom is 0.0184 e. The van der Waals surface area contributed by atoms with Crippen molar-refractivity contribution in [2.45, 2.75) is 6.23 Å². The van der Waals surface area contributed by atoms with Crippen LogP contribution in [0.15, 0.2) is 11.6 Å². The van der Waals surface area contributed by atoms with Crippen molar-refractivity contribution in [2.24, 2.45) is 0 Å². The van der Waals surface area contributed by atoms with E-state index in [9.17, 15) is 0 Å². The smallest absolute Gasteiger partial charge is 0.0184 e. The Morgan fingerprint density at radius 2 is 2.00 bits per heavy atom. The number of aliphatic hydroxyl groups excluding tert-OH is 1. The van der Waals surface area contributed by atoms with E-state index in [4.69, 9.17) is 22.4 Å². The summed E-state index contributed by atoms with van der Waals surface area (Å²) in [6.45, 7) is 3.08. The number of halogens is 1. The molecule has 40 valence electrons. The number of aliphatic hydroxyl groups is 1. The molecule has 0 saturated carbocycles. The van der Waals surface area contributed by atoms with Crippen LogP contribution in [-0.4, -0.2) is 11.3 Å². The third kappa shape index (κ3) is 7.00. The van der Waals surface area contributed by atoms with Gasteiger partial charge in [-0.25, -0.2) is 0 Å². The molecule has 0 unspecified atom stereocenters. The van der Waals surface area contributed by atoms with Gasteiger partial charge < -0.3 is 10.8 Å². The van der Waals surface area contributed by atoms with Gasteiger partial charge in [-0.05, 0) is 6.23 Å². The molecule has 0 spiro atoms. The first-order valence-corrected chi connectivity index (χ1v) is 1.76. The third-order valence-electron chi connectivity index (χ3n) is 0.297. The zero-order valence-electron chi connectivity index (χ0n) is 3.61. The van der Waals surface area contributed by atoms with Crippen LogP contribution in [0.5, 0.6) is 0 Å². The molecule has 2 N–H and O–H groups in total. The Morgan fingerprint density at radius 3 is 2.00 bits per heavy atom. The maximum atomic E-state index is 8.06. The molecule has 1 atom stereocenters. The topological polar surface area (TPSA) is 44.0 Å². The monoisotopic (exact) mass is 344 g/mol. The summed E-state index contributed by atoms with van der Waals surface area (Å²) in [6, 6.07) is 0. The van der Waals surface area contributed by atoms with Gasteiger partial charge in [0, 0.05) is 36.1 Å². The minimum absolute atomic E-state index is 0. The van der Waals surface area contributed by atoms with Gasteiger partial charge >= 0.3 is 0 Å². The van der Waals surface area contributed by atoms with E-state index in [-0.39, 0.29) is 36.1 Å². The second kappa shape index (κ2) is 5.14. The molecule has 0 heterocycles. The van der Waals surface area contributed by atoms with E-state index in [0.29, 0.717) is 0 Å². The predicted octanol–water partition coefficient (Wildman–Crippen LogP) is 1.11. The fraction of sp³-hybridized carbons (Fsp3) is 0.333. The molecule has 0 bridgehead atoms. The largest absolute Gasteiger partial charge is 0.647 e. The van der Waals surface area contributed by atoms with Crippen LogP contribution in [0.3, 0.4) is 0 Å². The molecule has 0 rings (SSSR count). The Kier molecular flexibility index (Phi) is 8.00. The van der Waals surface area contributed by atoms with E-state index < -0.39 is 6.23 Å². The molecule has 0 radical (unpaired) electrons. The fourth-order valence-corrected chi connectivity index (χ4v) is 0. The fourth-order valence-electron chi connectivity index (χ4n) is 0. The van der Waals surface area contributed by atoms with E-state index in [1.165, 1.54) is 0 Å². The first-order valence-electron chi connectivity index (χ1n) is 1.38. The van der Waals surface area contributed by atoms with Crippen LogP contribution >= 0.6 is 11.6 Å². The van der Waals surface area contributed by atoms with Gasteiger partial charge in [0.25, 0.3) is 0 Å². The Morgan fingerprint density at radius 1 is 1.86 bits per heavy atom. The summed E-state index contributed by atoms with van der Waals surface area (Å²) in [5.74, 6) is 0. The second-order valence-electron chi connectivity index (χ2n) is 0.849. The molecule has 0 aromatic carbocycles. The van der Waals surface area contributed by atoms with Gasteiger partial charge in [0.05, 0.1) is 0 Å². The summed E-state index contributed by atoms with van der Waals surface area (Å²) >= 11 is 4.98. The van der Waals surface area contributed by atoms with Crippen LogP contribution < -0.4 is 0 Å². The average molecular weight is 345 g/mol.